The zero-order valence-electron chi connectivity index (χ0n) is 7.02. The predicted molar refractivity (Wildman–Crippen MR) is 47.7 cm³/mol. The molecule has 0 heterocycles. The Morgan fingerprint density at radius 3 is 2.31 bits per heavy atom. The van der Waals surface area contributed by atoms with E-state index in [2.05, 4.69) is 0 Å². The van der Waals surface area contributed by atoms with Crippen LogP contribution in [0.4, 0.5) is 4.39 Å². The summed E-state index contributed by atoms with van der Waals surface area (Å²) < 4.78 is 12.5. The molecule has 1 aliphatic rings. The van der Waals surface area contributed by atoms with Crippen LogP contribution in [0.3, 0.4) is 0 Å². The number of benzene rings is 1. The Bertz CT molecular complexity index is 299. The van der Waals surface area contributed by atoms with Gasteiger partial charge in [-0.05, 0) is 30.0 Å². The Hall–Kier alpha value is -0.865. The predicted octanol–water partition coefficient (Wildman–Crippen LogP) is 1.16. The summed E-state index contributed by atoms with van der Waals surface area (Å²) in [6.07, 6.45) is 0.781. The first-order valence-corrected chi connectivity index (χ1v) is 4.30. The third kappa shape index (κ3) is 1.74. The highest BCUT2D eigenvalue weighted by molar-refractivity contribution is 6.44. The van der Waals surface area contributed by atoms with Crippen LogP contribution in [0.5, 0.6) is 0 Å². The van der Waals surface area contributed by atoms with Crippen molar-refractivity contribution in [3.8, 4) is 0 Å². The second-order valence-electron chi connectivity index (χ2n) is 3.47. The van der Waals surface area contributed by atoms with Crippen LogP contribution in [-0.2, 0) is 0 Å². The van der Waals surface area contributed by atoms with Crippen molar-refractivity contribution in [2.75, 3.05) is 0 Å². The smallest absolute Gasteiger partial charge is 0.427 e. The molecule has 2 nitrogen and oxygen atoms in total. The highest BCUT2D eigenvalue weighted by Gasteiger charge is 2.46. The minimum Gasteiger partial charge on any atom is -0.427 e. The van der Waals surface area contributed by atoms with Crippen LogP contribution in [0.15, 0.2) is 24.3 Å². The van der Waals surface area contributed by atoms with Gasteiger partial charge in [0, 0.05) is 5.82 Å². The van der Waals surface area contributed by atoms with Gasteiger partial charge in [0.2, 0.25) is 0 Å². The number of hydrogen-bond donors (Lipinski definition) is 2. The molecule has 1 aromatic rings. The van der Waals surface area contributed by atoms with Crippen molar-refractivity contribution in [1.29, 1.82) is 0 Å². The van der Waals surface area contributed by atoms with Crippen LogP contribution in [-0.4, -0.2) is 17.2 Å². The molecule has 2 unspecified atom stereocenters. The SMILES string of the molecule is OB(O)C1CC1c1ccc(F)cc1. The van der Waals surface area contributed by atoms with Gasteiger partial charge in [-0.2, -0.15) is 0 Å². The van der Waals surface area contributed by atoms with E-state index in [0.717, 1.165) is 12.0 Å². The topological polar surface area (TPSA) is 40.5 Å². The summed E-state index contributed by atoms with van der Waals surface area (Å²) in [6, 6.07) is 6.19. The van der Waals surface area contributed by atoms with Gasteiger partial charge in [-0.25, -0.2) is 4.39 Å². The molecular formula is C9H10BFO2. The molecule has 2 rings (SSSR count). The third-order valence-electron chi connectivity index (χ3n) is 2.52. The van der Waals surface area contributed by atoms with Crippen molar-refractivity contribution in [2.45, 2.75) is 18.2 Å². The Kier molecular flexibility index (Phi) is 2.10. The van der Waals surface area contributed by atoms with Gasteiger partial charge in [-0.15, -0.1) is 0 Å². The molecule has 68 valence electrons. The lowest BCUT2D eigenvalue weighted by atomic mass is 9.81. The van der Waals surface area contributed by atoms with Crippen molar-refractivity contribution in [3.05, 3.63) is 35.6 Å². The van der Waals surface area contributed by atoms with E-state index in [4.69, 9.17) is 10.0 Å². The monoisotopic (exact) mass is 180 g/mol. The lowest BCUT2D eigenvalue weighted by Crippen LogP contribution is -2.11. The number of halogens is 1. The molecule has 1 aliphatic carbocycles. The van der Waals surface area contributed by atoms with Crippen LogP contribution in [0.25, 0.3) is 0 Å². The second kappa shape index (κ2) is 3.12. The molecule has 0 aromatic heterocycles. The first-order valence-electron chi connectivity index (χ1n) is 4.30. The molecule has 0 amide bonds. The summed E-state index contributed by atoms with van der Waals surface area (Å²) in [5.74, 6) is -0.128. The number of rotatable bonds is 2. The zero-order valence-corrected chi connectivity index (χ0v) is 7.02. The molecule has 4 heteroatoms. The van der Waals surface area contributed by atoms with Gasteiger partial charge >= 0.3 is 7.12 Å². The molecule has 1 saturated carbocycles. The molecule has 0 aliphatic heterocycles. The van der Waals surface area contributed by atoms with Crippen molar-refractivity contribution >= 4 is 7.12 Å². The average Bonchev–Trinajstić information content (AvgIpc) is 2.85. The van der Waals surface area contributed by atoms with Gasteiger partial charge in [-0.3, -0.25) is 0 Å². The van der Waals surface area contributed by atoms with Crippen molar-refractivity contribution in [2.24, 2.45) is 0 Å². The molecule has 1 aromatic carbocycles. The van der Waals surface area contributed by atoms with Crippen molar-refractivity contribution < 1.29 is 14.4 Å². The van der Waals surface area contributed by atoms with E-state index < -0.39 is 7.12 Å². The molecular weight excluding hydrogens is 170 g/mol. The van der Waals surface area contributed by atoms with Crippen LogP contribution in [0, 0.1) is 5.82 Å². The fraction of sp³-hybridized carbons (Fsp3) is 0.333. The summed E-state index contributed by atoms with van der Waals surface area (Å²) in [4.78, 5) is 0. The molecule has 0 spiro atoms. The van der Waals surface area contributed by atoms with Crippen LogP contribution in [0.1, 0.15) is 17.9 Å². The molecule has 0 bridgehead atoms. The zero-order chi connectivity index (χ0) is 9.42. The summed E-state index contributed by atoms with van der Waals surface area (Å²) in [7, 11) is -1.24. The Morgan fingerprint density at radius 1 is 1.23 bits per heavy atom. The minimum absolute atomic E-state index is 0.0644. The van der Waals surface area contributed by atoms with E-state index in [1.165, 1.54) is 12.1 Å². The molecule has 1 fully saturated rings. The molecule has 0 saturated heterocycles. The summed E-state index contributed by atoms with van der Waals surface area (Å²) in [6.45, 7) is 0. The maximum absolute atomic E-state index is 12.5. The average molecular weight is 180 g/mol. The van der Waals surface area contributed by atoms with E-state index in [9.17, 15) is 4.39 Å². The first kappa shape index (κ1) is 8.72. The summed E-state index contributed by atoms with van der Waals surface area (Å²) >= 11 is 0. The largest absolute Gasteiger partial charge is 0.455 e. The third-order valence-corrected chi connectivity index (χ3v) is 2.52. The molecule has 2 atom stereocenters. The molecule has 2 N–H and O–H groups in total. The standard InChI is InChI=1S/C9H10BFO2/c11-7-3-1-6(2-4-7)8-5-9(8)10(12)13/h1-4,8-9,12-13H,5H2. The Balaban J connectivity index is 2.08. The van der Waals surface area contributed by atoms with Gasteiger partial charge in [0.25, 0.3) is 0 Å². The van der Waals surface area contributed by atoms with E-state index in [-0.39, 0.29) is 17.6 Å². The number of hydrogen-bond acceptors (Lipinski definition) is 2. The second-order valence-corrected chi connectivity index (χ2v) is 3.47. The van der Waals surface area contributed by atoms with Gasteiger partial charge in [-0.1, -0.05) is 12.1 Å². The van der Waals surface area contributed by atoms with Gasteiger partial charge in [0.1, 0.15) is 5.82 Å². The van der Waals surface area contributed by atoms with Crippen molar-refractivity contribution in [3.63, 3.8) is 0 Å². The fourth-order valence-corrected chi connectivity index (χ4v) is 1.64. The minimum atomic E-state index is -1.24. The van der Waals surface area contributed by atoms with E-state index in [0.29, 0.717) is 0 Å². The van der Waals surface area contributed by atoms with E-state index in [1.54, 1.807) is 12.1 Å². The fourth-order valence-electron chi connectivity index (χ4n) is 1.64. The van der Waals surface area contributed by atoms with Gasteiger partial charge < -0.3 is 10.0 Å². The summed E-state index contributed by atoms with van der Waals surface area (Å²) in [5.41, 5.74) is 0.986. The summed E-state index contributed by atoms with van der Waals surface area (Å²) in [5, 5.41) is 17.7. The van der Waals surface area contributed by atoms with Crippen molar-refractivity contribution in [1.82, 2.24) is 0 Å². The first-order chi connectivity index (χ1) is 6.18. The Labute approximate surface area is 76.2 Å². The van der Waals surface area contributed by atoms with E-state index in [1.807, 2.05) is 0 Å². The van der Waals surface area contributed by atoms with Crippen LogP contribution >= 0.6 is 0 Å². The maximum atomic E-state index is 12.5. The van der Waals surface area contributed by atoms with Crippen LogP contribution in [0.2, 0.25) is 5.82 Å². The van der Waals surface area contributed by atoms with Crippen LogP contribution < -0.4 is 0 Å². The maximum Gasteiger partial charge on any atom is 0.455 e. The van der Waals surface area contributed by atoms with Gasteiger partial charge in [0.15, 0.2) is 0 Å². The highest BCUT2D eigenvalue weighted by atomic mass is 19.1. The highest BCUT2D eigenvalue weighted by Crippen LogP contribution is 2.53. The van der Waals surface area contributed by atoms with E-state index >= 15 is 0 Å². The van der Waals surface area contributed by atoms with Gasteiger partial charge in [0.05, 0.1) is 0 Å². The lowest BCUT2D eigenvalue weighted by molar-refractivity contribution is 0.402. The molecule has 0 radical (unpaired) electrons. The quantitative estimate of drug-likeness (QED) is 0.670. The normalized spacial score (nSPS) is 25.8. The lowest BCUT2D eigenvalue weighted by Gasteiger charge is -1.99. The Morgan fingerprint density at radius 2 is 1.85 bits per heavy atom. The molecule has 13 heavy (non-hydrogen) atoms.